The second-order valence-corrected chi connectivity index (χ2v) is 4.66. The molecule has 0 heterocycles. The molecule has 0 saturated carbocycles. The number of nitrogens with one attached hydrogen (secondary N) is 2. The summed E-state index contributed by atoms with van der Waals surface area (Å²) in [6.07, 6.45) is 1.05. The monoisotopic (exact) mass is 309 g/mol. The van der Waals surface area contributed by atoms with Gasteiger partial charge in [0.15, 0.2) is 17.5 Å². The summed E-state index contributed by atoms with van der Waals surface area (Å²) in [6, 6.07) is 3.82. The van der Waals surface area contributed by atoms with Crippen LogP contribution in [-0.4, -0.2) is 40.4 Å². The van der Waals surface area contributed by atoms with E-state index in [0.717, 1.165) is 31.0 Å². The maximum atomic E-state index is 5.35. The lowest BCUT2D eigenvalue weighted by atomic mass is 10.2. The number of aliphatic imine (C=N–C) groups is 1. The molecular formula is C16H27N3O3. The van der Waals surface area contributed by atoms with Gasteiger partial charge in [0, 0.05) is 13.1 Å². The molecule has 0 aromatic heterocycles. The Kier molecular flexibility index (Phi) is 7.96. The van der Waals surface area contributed by atoms with E-state index >= 15 is 0 Å². The SMILES string of the molecule is CCCNC(=NCc1cc(OC)c(OC)c(OC)c1)NCC. The van der Waals surface area contributed by atoms with Gasteiger partial charge in [0.2, 0.25) is 5.75 Å². The van der Waals surface area contributed by atoms with E-state index in [2.05, 4.69) is 22.5 Å². The number of benzene rings is 1. The zero-order valence-corrected chi connectivity index (χ0v) is 14.2. The highest BCUT2D eigenvalue weighted by Gasteiger charge is 2.12. The zero-order chi connectivity index (χ0) is 16.4. The fraction of sp³-hybridized carbons (Fsp3) is 0.562. The summed E-state index contributed by atoms with van der Waals surface area (Å²) in [7, 11) is 4.81. The molecule has 2 N–H and O–H groups in total. The molecule has 0 bridgehead atoms. The van der Waals surface area contributed by atoms with Gasteiger partial charge in [-0.1, -0.05) is 6.92 Å². The molecule has 124 valence electrons. The normalized spacial score (nSPS) is 11.0. The minimum Gasteiger partial charge on any atom is -0.493 e. The topological polar surface area (TPSA) is 64.1 Å². The van der Waals surface area contributed by atoms with Crippen LogP contribution in [0.2, 0.25) is 0 Å². The molecule has 0 amide bonds. The van der Waals surface area contributed by atoms with Crippen molar-refractivity contribution in [3.63, 3.8) is 0 Å². The third-order valence-electron chi connectivity index (χ3n) is 3.03. The van der Waals surface area contributed by atoms with Crippen LogP contribution in [-0.2, 0) is 6.54 Å². The first-order valence-corrected chi connectivity index (χ1v) is 7.51. The predicted molar refractivity (Wildman–Crippen MR) is 89.2 cm³/mol. The molecule has 0 aliphatic heterocycles. The van der Waals surface area contributed by atoms with Gasteiger partial charge in [-0.15, -0.1) is 0 Å². The smallest absolute Gasteiger partial charge is 0.203 e. The van der Waals surface area contributed by atoms with Gasteiger partial charge in [-0.05, 0) is 31.0 Å². The second-order valence-electron chi connectivity index (χ2n) is 4.66. The first kappa shape index (κ1) is 17.9. The molecule has 6 heteroatoms. The third-order valence-corrected chi connectivity index (χ3v) is 3.03. The van der Waals surface area contributed by atoms with Crippen molar-refractivity contribution in [1.29, 1.82) is 0 Å². The maximum Gasteiger partial charge on any atom is 0.203 e. The van der Waals surface area contributed by atoms with Crippen molar-refractivity contribution in [2.75, 3.05) is 34.4 Å². The number of methoxy groups -OCH3 is 3. The summed E-state index contributed by atoms with van der Waals surface area (Å²) in [6.45, 7) is 6.40. The Bertz CT molecular complexity index is 465. The Morgan fingerprint density at radius 2 is 1.64 bits per heavy atom. The molecule has 0 radical (unpaired) electrons. The summed E-state index contributed by atoms with van der Waals surface area (Å²) in [5.41, 5.74) is 0.989. The number of ether oxygens (including phenoxy) is 3. The van der Waals surface area contributed by atoms with Crippen LogP contribution in [0.3, 0.4) is 0 Å². The van der Waals surface area contributed by atoms with Crippen LogP contribution < -0.4 is 24.8 Å². The van der Waals surface area contributed by atoms with Crippen molar-refractivity contribution in [2.45, 2.75) is 26.8 Å². The molecule has 0 aliphatic rings. The van der Waals surface area contributed by atoms with E-state index < -0.39 is 0 Å². The van der Waals surface area contributed by atoms with E-state index in [1.807, 2.05) is 19.1 Å². The first-order chi connectivity index (χ1) is 10.7. The molecular weight excluding hydrogens is 282 g/mol. The summed E-state index contributed by atoms with van der Waals surface area (Å²) < 4.78 is 16.0. The number of guanidine groups is 1. The number of hydrogen-bond donors (Lipinski definition) is 2. The van der Waals surface area contributed by atoms with Crippen LogP contribution in [0, 0.1) is 0 Å². The highest BCUT2D eigenvalue weighted by atomic mass is 16.5. The Morgan fingerprint density at radius 3 is 2.09 bits per heavy atom. The van der Waals surface area contributed by atoms with Gasteiger partial charge in [-0.25, -0.2) is 4.99 Å². The molecule has 0 spiro atoms. The Hall–Kier alpha value is -2.11. The van der Waals surface area contributed by atoms with Gasteiger partial charge in [0.05, 0.1) is 27.9 Å². The van der Waals surface area contributed by atoms with Crippen molar-refractivity contribution in [3.8, 4) is 17.2 Å². The molecule has 0 aliphatic carbocycles. The lowest BCUT2D eigenvalue weighted by Crippen LogP contribution is -2.37. The van der Waals surface area contributed by atoms with Gasteiger partial charge in [0.1, 0.15) is 0 Å². The fourth-order valence-electron chi connectivity index (χ4n) is 1.98. The van der Waals surface area contributed by atoms with E-state index in [9.17, 15) is 0 Å². The minimum atomic E-state index is 0.524. The van der Waals surface area contributed by atoms with Crippen LogP contribution in [0.15, 0.2) is 17.1 Å². The number of hydrogen-bond acceptors (Lipinski definition) is 4. The molecule has 1 rings (SSSR count). The minimum absolute atomic E-state index is 0.524. The predicted octanol–water partition coefficient (Wildman–Crippen LogP) is 2.18. The lowest BCUT2D eigenvalue weighted by Gasteiger charge is -2.14. The van der Waals surface area contributed by atoms with Gasteiger partial charge in [-0.3, -0.25) is 0 Å². The number of nitrogens with zero attached hydrogens (tertiary/aromatic N) is 1. The molecule has 0 unspecified atom stereocenters. The summed E-state index contributed by atoms with van der Waals surface area (Å²) in [4.78, 5) is 4.57. The van der Waals surface area contributed by atoms with Crippen molar-refractivity contribution in [1.82, 2.24) is 10.6 Å². The van der Waals surface area contributed by atoms with Gasteiger partial charge in [0.25, 0.3) is 0 Å². The van der Waals surface area contributed by atoms with E-state index in [1.165, 1.54) is 0 Å². The highest BCUT2D eigenvalue weighted by molar-refractivity contribution is 5.79. The van der Waals surface area contributed by atoms with Gasteiger partial charge >= 0.3 is 0 Å². The third kappa shape index (κ3) is 5.02. The highest BCUT2D eigenvalue weighted by Crippen LogP contribution is 2.38. The van der Waals surface area contributed by atoms with Crippen LogP contribution in [0.5, 0.6) is 17.2 Å². The first-order valence-electron chi connectivity index (χ1n) is 7.51. The largest absolute Gasteiger partial charge is 0.493 e. The quantitative estimate of drug-likeness (QED) is 0.569. The number of rotatable bonds is 8. The van der Waals surface area contributed by atoms with Gasteiger partial charge < -0.3 is 24.8 Å². The van der Waals surface area contributed by atoms with Crippen molar-refractivity contribution in [2.24, 2.45) is 4.99 Å². The van der Waals surface area contributed by atoms with Crippen molar-refractivity contribution in [3.05, 3.63) is 17.7 Å². The molecule has 1 aromatic carbocycles. The van der Waals surface area contributed by atoms with Gasteiger partial charge in [-0.2, -0.15) is 0 Å². The van der Waals surface area contributed by atoms with Crippen molar-refractivity contribution < 1.29 is 14.2 Å². The molecule has 0 saturated heterocycles. The Morgan fingerprint density at radius 1 is 1.00 bits per heavy atom. The van der Waals surface area contributed by atoms with Crippen LogP contribution in [0.1, 0.15) is 25.8 Å². The molecule has 1 aromatic rings. The van der Waals surface area contributed by atoms with E-state index in [0.29, 0.717) is 23.8 Å². The summed E-state index contributed by atoms with van der Waals surface area (Å²) in [5.74, 6) is 2.67. The molecule has 0 atom stereocenters. The van der Waals surface area contributed by atoms with Crippen LogP contribution in [0.25, 0.3) is 0 Å². The van der Waals surface area contributed by atoms with E-state index in [1.54, 1.807) is 21.3 Å². The average Bonchev–Trinajstić information content (AvgIpc) is 2.56. The second kappa shape index (κ2) is 9.76. The summed E-state index contributed by atoms with van der Waals surface area (Å²) >= 11 is 0. The standard InChI is InChI=1S/C16H27N3O3/c1-6-8-18-16(17-7-2)19-11-12-9-13(20-3)15(22-5)14(10-12)21-4/h9-10H,6-8,11H2,1-5H3,(H2,17,18,19). The maximum absolute atomic E-state index is 5.35. The van der Waals surface area contributed by atoms with E-state index in [-0.39, 0.29) is 0 Å². The Labute approximate surface area is 132 Å². The fourth-order valence-corrected chi connectivity index (χ4v) is 1.98. The average molecular weight is 309 g/mol. The zero-order valence-electron chi connectivity index (χ0n) is 14.2. The molecule has 0 fully saturated rings. The van der Waals surface area contributed by atoms with E-state index in [4.69, 9.17) is 14.2 Å². The molecule has 22 heavy (non-hydrogen) atoms. The van der Waals surface area contributed by atoms with Crippen LogP contribution >= 0.6 is 0 Å². The van der Waals surface area contributed by atoms with Crippen molar-refractivity contribution >= 4 is 5.96 Å². The Balaban J connectivity index is 2.95. The summed E-state index contributed by atoms with van der Waals surface area (Å²) in [5, 5.41) is 6.49. The van der Waals surface area contributed by atoms with Crippen LogP contribution in [0.4, 0.5) is 0 Å². The lowest BCUT2D eigenvalue weighted by molar-refractivity contribution is 0.324. The molecule has 6 nitrogen and oxygen atoms in total.